The van der Waals surface area contributed by atoms with Gasteiger partial charge in [-0.15, -0.1) is 0 Å². The lowest BCUT2D eigenvalue weighted by Crippen LogP contribution is -2.48. The second-order valence-corrected chi connectivity index (χ2v) is 8.04. The molecule has 2 N–H and O–H groups in total. The Bertz CT molecular complexity index is 703. The predicted octanol–water partition coefficient (Wildman–Crippen LogP) is 3.46. The molecule has 1 aromatic carbocycles. The zero-order valence-corrected chi connectivity index (χ0v) is 17.6. The van der Waals surface area contributed by atoms with Crippen LogP contribution in [-0.2, 0) is 16.0 Å². The van der Waals surface area contributed by atoms with Crippen LogP contribution < -0.4 is 20.1 Å². The lowest BCUT2D eigenvalue weighted by atomic mass is 10.1. The Morgan fingerprint density at radius 3 is 2.64 bits per heavy atom. The number of nitrogens with one attached hydrogen (secondary N) is 2. The number of hydrogen-bond donors (Lipinski definition) is 2. The number of hydrogen-bond acceptors (Lipinski definition) is 5. The number of carbonyl (C=O) groups is 2. The highest BCUT2D eigenvalue weighted by Gasteiger charge is 2.23. The second-order valence-electron chi connectivity index (χ2n) is 7.63. The Kier molecular flexibility index (Phi) is 7.80. The summed E-state index contributed by atoms with van der Waals surface area (Å²) in [7, 11) is 0. The zero-order chi connectivity index (χ0) is 20.7. The molecule has 8 heteroatoms. The topological polar surface area (TPSA) is 85.9 Å². The van der Waals surface area contributed by atoms with Crippen LogP contribution >= 0.6 is 11.6 Å². The fourth-order valence-electron chi connectivity index (χ4n) is 2.77. The Labute approximate surface area is 171 Å². The molecule has 1 aliphatic heterocycles. The number of ether oxygens (including phenoxy) is 3. The first-order valence-electron chi connectivity index (χ1n) is 9.55. The van der Waals surface area contributed by atoms with Gasteiger partial charge in [-0.1, -0.05) is 24.9 Å². The summed E-state index contributed by atoms with van der Waals surface area (Å²) in [4.78, 5) is 24.4. The normalized spacial score (nSPS) is 14.2. The molecule has 28 heavy (non-hydrogen) atoms. The van der Waals surface area contributed by atoms with E-state index in [0.29, 0.717) is 49.1 Å². The lowest BCUT2D eigenvalue weighted by Gasteiger charge is -2.23. The van der Waals surface area contributed by atoms with E-state index in [0.717, 1.165) is 12.0 Å². The SMILES string of the molecule is CCC[C@@H](NC(=O)OC(C)(C)C)C(=O)NCCc1cc(Cl)c2c(c1)OCCO2. The number of halogens is 1. The molecule has 156 valence electrons. The lowest BCUT2D eigenvalue weighted by molar-refractivity contribution is -0.123. The van der Waals surface area contributed by atoms with Gasteiger partial charge < -0.3 is 24.8 Å². The van der Waals surface area contributed by atoms with Gasteiger partial charge in [0, 0.05) is 6.54 Å². The average molecular weight is 413 g/mol. The monoisotopic (exact) mass is 412 g/mol. The fourth-order valence-corrected chi connectivity index (χ4v) is 3.06. The van der Waals surface area contributed by atoms with Crippen molar-refractivity contribution in [3.63, 3.8) is 0 Å². The first-order chi connectivity index (χ1) is 13.2. The molecule has 0 aromatic heterocycles. The summed E-state index contributed by atoms with van der Waals surface area (Å²) in [6.45, 7) is 8.66. The van der Waals surface area contributed by atoms with E-state index in [1.165, 1.54) is 0 Å². The minimum atomic E-state index is -0.635. The maximum absolute atomic E-state index is 12.5. The van der Waals surface area contributed by atoms with Crippen molar-refractivity contribution in [2.24, 2.45) is 0 Å². The van der Waals surface area contributed by atoms with E-state index in [9.17, 15) is 9.59 Å². The summed E-state index contributed by atoms with van der Waals surface area (Å²) >= 11 is 6.24. The molecule has 0 aliphatic carbocycles. The summed E-state index contributed by atoms with van der Waals surface area (Å²) < 4.78 is 16.3. The molecule has 0 saturated heterocycles. The van der Waals surface area contributed by atoms with Crippen LogP contribution in [0, 0.1) is 0 Å². The van der Waals surface area contributed by atoms with E-state index >= 15 is 0 Å². The first kappa shape index (κ1) is 22.1. The summed E-state index contributed by atoms with van der Waals surface area (Å²) in [5, 5.41) is 6.00. The molecule has 1 atom stereocenters. The van der Waals surface area contributed by atoms with Crippen LogP contribution in [0.25, 0.3) is 0 Å². The minimum absolute atomic E-state index is 0.239. The molecule has 1 aromatic rings. The van der Waals surface area contributed by atoms with Crippen molar-refractivity contribution < 1.29 is 23.8 Å². The number of rotatable bonds is 7. The zero-order valence-electron chi connectivity index (χ0n) is 16.9. The van der Waals surface area contributed by atoms with Gasteiger partial charge >= 0.3 is 6.09 Å². The Morgan fingerprint density at radius 2 is 1.96 bits per heavy atom. The number of benzene rings is 1. The molecular formula is C20H29ClN2O5. The quantitative estimate of drug-likeness (QED) is 0.716. The standard InChI is InChI=1S/C20H29ClN2O5/c1-5-6-15(23-19(25)28-20(2,3)4)18(24)22-8-7-13-11-14(21)17-16(12-13)26-9-10-27-17/h11-12,15H,5-10H2,1-4H3,(H,22,24)(H,23,25)/t15-/m1/s1. The number of fused-ring (bicyclic) bond motifs is 1. The van der Waals surface area contributed by atoms with Gasteiger partial charge in [-0.05, 0) is 51.3 Å². The molecule has 0 fully saturated rings. The van der Waals surface area contributed by atoms with Crippen molar-refractivity contribution in [3.8, 4) is 11.5 Å². The predicted molar refractivity (Wildman–Crippen MR) is 107 cm³/mol. The third-order valence-electron chi connectivity index (χ3n) is 3.95. The molecule has 0 unspecified atom stereocenters. The van der Waals surface area contributed by atoms with Crippen LogP contribution in [-0.4, -0.2) is 43.4 Å². The van der Waals surface area contributed by atoms with Crippen molar-refractivity contribution in [1.29, 1.82) is 0 Å². The fraction of sp³-hybridized carbons (Fsp3) is 0.600. The molecule has 2 rings (SSSR count). The smallest absolute Gasteiger partial charge is 0.408 e. The van der Waals surface area contributed by atoms with E-state index in [-0.39, 0.29) is 5.91 Å². The summed E-state index contributed by atoms with van der Waals surface area (Å²) in [6.07, 6.45) is 1.26. The molecule has 7 nitrogen and oxygen atoms in total. The second kappa shape index (κ2) is 9.87. The van der Waals surface area contributed by atoms with Gasteiger partial charge in [-0.3, -0.25) is 4.79 Å². The van der Waals surface area contributed by atoms with Crippen molar-refractivity contribution in [2.75, 3.05) is 19.8 Å². The molecule has 0 radical (unpaired) electrons. The highest BCUT2D eigenvalue weighted by atomic mass is 35.5. The van der Waals surface area contributed by atoms with Crippen LogP contribution in [0.15, 0.2) is 12.1 Å². The number of amides is 2. The first-order valence-corrected chi connectivity index (χ1v) is 9.92. The summed E-state index contributed by atoms with van der Waals surface area (Å²) in [5.74, 6) is 0.942. The molecule has 1 aliphatic rings. The summed E-state index contributed by atoms with van der Waals surface area (Å²) in [6, 6.07) is 3.04. The number of alkyl carbamates (subject to hydrolysis) is 1. The number of carbonyl (C=O) groups excluding carboxylic acids is 2. The van der Waals surface area contributed by atoms with Gasteiger partial charge in [0.15, 0.2) is 11.5 Å². The van der Waals surface area contributed by atoms with E-state index in [1.807, 2.05) is 19.1 Å². The highest BCUT2D eigenvalue weighted by Crippen LogP contribution is 2.38. The van der Waals surface area contributed by atoms with Crippen LogP contribution in [0.5, 0.6) is 11.5 Å². The van der Waals surface area contributed by atoms with Crippen LogP contribution in [0.3, 0.4) is 0 Å². The van der Waals surface area contributed by atoms with Gasteiger partial charge in [0.05, 0.1) is 5.02 Å². The Hall–Kier alpha value is -2.15. The average Bonchev–Trinajstić information content (AvgIpc) is 2.60. The minimum Gasteiger partial charge on any atom is -0.486 e. The third-order valence-corrected chi connectivity index (χ3v) is 4.24. The maximum Gasteiger partial charge on any atom is 0.408 e. The molecule has 0 bridgehead atoms. The van der Waals surface area contributed by atoms with Crippen molar-refractivity contribution >= 4 is 23.6 Å². The van der Waals surface area contributed by atoms with Crippen molar-refractivity contribution in [3.05, 3.63) is 22.7 Å². The van der Waals surface area contributed by atoms with E-state index < -0.39 is 17.7 Å². The van der Waals surface area contributed by atoms with Crippen LogP contribution in [0.1, 0.15) is 46.1 Å². The molecule has 1 heterocycles. The highest BCUT2D eigenvalue weighted by molar-refractivity contribution is 6.32. The van der Waals surface area contributed by atoms with Gasteiger partial charge in [-0.2, -0.15) is 0 Å². The van der Waals surface area contributed by atoms with Crippen molar-refractivity contribution in [1.82, 2.24) is 10.6 Å². The van der Waals surface area contributed by atoms with Gasteiger partial charge in [0.1, 0.15) is 24.9 Å². The Balaban J connectivity index is 1.88. The maximum atomic E-state index is 12.5. The van der Waals surface area contributed by atoms with Gasteiger partial charge in [-0.25, -0.2) is 4.79 Å². The van der Waals surface area contributed by atoms with E-state index in [4.69, 9.17) is 25.8 Å². The largest absolute Gasteiger partial charge is 0.486 e. The van der Waals surface area contributed by atoms with Gasteiger partial charge in [0.25, 0.3) is 0 Å². The van der Waals surface area contributed by atoms with Crippen LogP contribution in [0.2, 0.25) is 5.02 Å². The molecule has 2 amide bonds. The van der Waals surface area contributed by atoms with Crippen molar-refractivity contribution in [2.45, 2.75) is 58.6 Å². The third kappa shape index (κ3) is 6.78. The molecule has 0 saturated carbocycles. The van der Waals surface area contributed by atoms with E-state index in [1.54, 1.807) is 20.8 Å². The Morgan fingerprint density at radius 1 is 1.25 bits per heavy atom. The van der Waals surface area contributed by atoms with E-state index in [2.05, 4.69) is 10.6 Å². The molecular weight excluding hydrogens is 384 g/mol. The molecule has 0 spiro atoms. The van der Waals surface area contributed by atoms with Gasteiger partial charge in [0.2, 0.25) is 5.91 Å². The summed E-state index contributed by atoms with van der Waals surface area (Å²) in [5.41, 5.74) is 0.316. The van der Waals surface area contributed by atoms with Crippen LogP contribution in [0.4, 0.5) is 4.79 Å².